The lowest BCUT2D eigenvalue weighted by Crippen LogP contribution is -2.42. The van der Waals surface area contributed by atoms with Crippen molar-refractivity contribution in [3.63, 3.8) is 0 Å². The molecule has 4 nitrogen and oxygen atoms in total. The van der Waals surface area contributed by atoms with Crippen molar-refractivity contribution in [1.29, 1.82) is 0 Å². The summed E-state index contributed by atoms with van der Waals surface area (Å²) in [6.07, 6.45) is 1.77. The minimum atomic E-state index is -0.0498. The third-order valence-corrected chi connectivity index (χ3v) is 5.51. The van der Waals surface area contributed by atoms with Crippen LogP contribution in [0, 0.1) is 19.8 Å². The fraction of sp³-hybridized carbons (Fsp3) is 0.364. The number of benzene rings is 2. The molecule has 0 spiro atoms. The molecule has 1 saturated heterocycles. The van der Waals surface area contributed by atoms with Crippen LogP contribution in [0.1, 0.15) is 29.5 Å². The van der Waals surface area contributed by atoms with Gasteiger partial charge >= 0.3 is 0 Å². The molecule has 1 aliphatic heterocycles. The molecular weight excluding hydrogens is 360 g/mol. The Balaban J connectivity index is 1.50. The van der Waals surface area contributed by atoms with Gasteiger partial charge in [0.1, 0.15) is 0 Å². The first-order valence-electron chi connectivity index (χ1n) is 9.32. The van der Waals surface area contributed by atoms with Gasteiger partial charge in [0.15, 0.2) is 0 Å². The van der Waals surface area contributed by atoms with Crippen LogP contribution in [-0.4, -0.2) is 29.8 Å². The van der Waals surface area contributed by atoms with Crippen LogP contribution >= 0.6 is 11.6 Å². The van der Waals surface area contributed by atoms with Gasteiger partial charge in [-0.1, -0.05) is 29.8 Å². The number of halogens is 1. The number of anilines is 1. The summed E-state index contributed by atoms with van der Waals surface area (Å²) in [5.41, 5.74) is 4.17. The van der Waals surface area contributed by atoms with E-state index < -0.39 is 0 Å². The zero-order chi connectivity index (χ0) is 19.4. The van der Waals surface area contributed by atoms with E-state index in [4.69, 9.17) is 11.6 Å². The summed E-state index contributed by atoms with van der Waals surface area (Å²) in [5.74, 6) is 0.0968. The fourth-order valence-electron chi connectivity index (χ4n) is 3.34. The van der Waals surface area contributed by atoms with Crippen molar-refractivity contribution in [3.8, 4) is 0 Å². The van der Waals surface area contributed by atoms with Gasteiger partial charge < -0.3 is 10.2 Å². The molecule has 27 heavy (non-hydrogen) atoms. The molecule has 0 saturated carbocycles. The number of hydrogen-bond donors (Lipinski definition) is 1. The zero-order valence-electron chi connectivity index (χ0n) is 15.8. The Hall–Kier alpha value is -2.33. The largest absolute Gasteiger partial charge is 0.342 e. The average Bonchev–Trinajstić information content (AvgIpc) is 2.66. The number of hydrogen-bond acceptors (Lipinski definition) is 2. The normalized spacial score (nSPS) is 14.9. The van der Waals surface area contributed by atoms with Crippen LogP contribution < -0.4 is 5.32 Å². The summed E-state index contributed by atoms with van der Waals surface area (Å²) in [4.78, 5) is 26.9. The summed E-state index contributed by atoms with van der Waals surface area (Å²) < 4.78 is 0. The molecule has 1 N–H and O–H groups in total. The van der Waals surface area contributed by atoms with Gasteiger partial charge in [-0.15, -0.1) is 0 Å². The molecule has 0 bridgehead atoms. The van der Waals surface area contributed by atoms with Crippen LogP contribution in [0.25, 0.3) is 0 Å². The molecule has 0 radical (unpaired) electrons. The van der Waals surface area contributed by atoms with Crippen LogP contribution in [0.2, 0.25) is 5.02 Å². The second-order valence-electron chi connectivity index (χ2n) is 7.25. The molecule has 0 atom stereocenters. The highest BCUT2D eigenvalue weighted by molar-refractivity contribution is 6.30. The maximum absolute atomic E-state index is 12.5. The highest BCUT2D eigenvalue weighted by Gasteiger charge is 2.27. The monoisotopic (exact) mass is 384 g/mol. The maximum Gasteiger partial charge on any atom is 0.227 e. The van der Waals surface area contributed by atoms with Crippen molar-refractivity contribution < 1.29 is 9.59 Å². The summed E-state index contributed by atoms with van der Waals surface area (Å²) >= 11 is 5.88. The van der Waals surface area contributed by atoms with Crippen LogP contribution in [0.15, 0.2) is 42.5 Å². The number of nitrogens with one attached hydrogen (secondary N) is 1. The molecule has 1 heterocycles. The SMILES string of the molecule is Cc1ccc(NC(=O)C2CCN(C(=O)Cc3ccc(Cl)cc3)CC2)cc1C. The van der Waals surface area contributed by atoms with E-state index in [2.05, 4.69) is 12.2 Å². The Kier molecular flexibility index (Phi) is 6.17. The molecule has 2 amide bonds. The minimum absolute atomic E-state index is 0.0445. The van der Waals surface area contributed by atoms with Crippen LogP contribution in [0.3, 0.4) is 0 Å². The molecule has 5 heteroatoms. The van der Waals surface area contributed by atoms with Gasteiger partial charge in [-0.2, -0.15) is 0 Å². The molecule has 1 fully saturated rings. The number of likely N-dealkylation sites (tertiary alicyclic amines) is 1. The third-order valence-electron chi connectivity index (χ3n) is 5.26. The summed E-state index contributed by atoms with van der Waals surface area (Å²) in [7, 11) is 0. The van der Waals surface area contributed by atoms with E-state index in [1.807, 2.05) is 42.2 Å². The van der Waals surface area contributed by atoms with Crippen LogP contribution in [0.5, 0.6) is 0 Å². The lowest BCUT2D eigenvalue weighted by atomic mass is 9.95. The first-order chi connectivity index (χ1) is 12.9. The van der Waals surface area contributed by atoms with Gasteiger partial charge in [-0.25, -0.2) is 0 Å². The molecule has 2 aromatic carbocycles. The van der Waals surface area contributed by atoms with E-state index >= 15 is 0 Å². The minimum Gasteiger partial charge on any atom is -0.342 e. The molecule has 142 valence electrons. The number of aryl methyl sites for hydroxylation is 2. The summed E-state index contributed by atoms with van der Waals surface area (Å²) in [6, 6.07) is 13.3. The van der Waals surface area contributed by atoms with Crippen molar-refractivity contribution in [2.75, 3.05) is 18.4 Å². The Bertz CT molecular complexity index is 825. The molecule has 2 aromatic rings. The molecule has 1 aliphatic rings. The fourth-order valence-corrected chi connectivity index (χ4v) is 3.47. The van der Waals surface area contributed by atoms with Gasteiger partial charge in [-0.05, 0) is 67.6 Å². The second-order valence-corrected chi connectivity index (χ2v) is 7.68. The highest BCUT2D eigenvalue weighted by Crippen LogP contribution is 2.21. The standard InChI is InChI=1S/C22H25ClN2O2/c1-15-3-8-20(13-16(15)2)24-22(27)18-9-11-25(12-10-18)21(26)14-17-4-6-19(23)7-5-17/h3-8,13,18H,9-12,14H2,1-2H3,(H,24,27). The zero-order valence-corrected chi connectivity index (χ0v) is 16.6. The molecule has 0 unspecified atom stereocenters. The molecule has 3 rings (SSSR count). The maximum atomic E-state index is 12.5. The average molecular weight is 385 g/mol. The van der Waals surface area contributed by atoms with Gasteiger partial charge in [0.05, 0.1) is 6.42 Å². The van der Waals surface area contributed by atoms with E-state index in [-0.39, 0.29) is 17.7 Å². The first-order valence-corrected chi connectivity index (χ1v) is 9.70. The van der Waals surface area contributed by atoms with Crippen molar-refractivity contribution in [1.82, 2.24) is 4.90 Å². The van der Waals surface area contributed by atoms with Gasteiger partial charge in [0, 0.05) is 29.7 Å². The number of amides is 2. The molecule has 0 aliphatic carbocycles. The number of nitrogens with zero attached hydrogens (tertiary/aromatic N) is 1. The van der Waals surface area contributed by atoms with Crippen molar-refractivity contribution in [3.05, 3.63) is 64.2 Å². The Morgan fingerprint density at radius 2 is 1.70 bits per heavy atom. The van der Waals surface area contributed by atoms with Gasteiger partial charge in [0.2, 0.25) is 11.8 Å². The molecule has 0 aromatic heterocycles. The van der Waals surface area contributed by atoms with Crippen LogP contribution in [-0.2, 0) is 16.0 Å². The lowest BCUT2D eigenvalue weighted by Gasteiger charge is -2.31. The summed E-state index contributed by atoms with van der Waals surface area (Å²) in [5, 5.41) is 3.68. The van der Waals surface area contributed by atoms with Gasteiger partial charge in [-0.3, -0.25) is 9.59 Å². The van der Waals surface area contributed by atoms with Crippen molar-refractivity contribution in [2.24, 2.45) is 5.92 Å². The number of carbonyl (C=O) groups excluding carboxylic acids is 2. The number of carbonyl (C=O) groups is 2. The predicted octanol–water partition coefficient (Wildman–Crippen LogP) is 4.38. The topological polar surface area (TPSA) is 49.4 Å². The van der Waals surface area contributed by atoms with E-state index in [0.717, 1.165) is 16.8 Å². The summed E-state index contributed by atoms with van der Waals surface area (Å²) in [6.45, 7) is 5.34. The number of rotatable bonds is 4. The smallest absolute Gasteiger partial charge is 0.227 e. The highest BCUT2D eigenvalue weighted by atomic mass is 35.5. The predicted molar refractivity (Wildman–Crippen MR) is 109 cm³/mol. The molecular formula is C22H25ClN2O2. The van der Waals surface area contributed by atoms with Crippen molar-refractivity contribution >= 4 is 29.1 Å². The van der Waals surface area contributed by atoms with Gasteiger partial charge in [0.25, 0.3) is 0 Å². The quantitative estimate of drug-likeness (QED) is 0.850. The number of piperidine rings is 1. The Morgan fingerprint density at radius 1 is 1.04 bits per heavy atom. The lowest BCUT2D eigenvalue weighted by molar-refractivity contribution is -0.133. The Morgan fingerprint density at radius 3 is 2.33 bits per heavy atom. The van der Waals surface area contributed by atoms with E-state index in [0.29, 0.717) is 37.4 Å². The van der Waals surface area contributed by atoms with Crippen LogP contribution in [0.4, 0.5) is 5.69 Å². The van der Waals surface area contributed by atoms with E-state index in [9.17, 15) is 9.59 Å². The first kappa shape index (κ1) is 19.4. The Labute approximate surface area is 165 Å². The second kappa shape index (κ2) is 8.57. The van der Waals surface area contributed by atoms with E-state index in [1.165, 1.54) is 5.56 Å². The van der Waals surface area contributed by atoms with Crippen molar-refractivity contribution in [2.45, 2.75) is 33.1 Å². The van der Waals surface area contributed by atoms with E-state index in [1.54, 1.807) is 12.1 Å². The third kappa shape index (κ3) is 5.10.